The Hall–Kier alpha value is -1.36. The maximum Gasteiger partial charge on any atom is 1.00 e. The number of benzene rings is 1. The monoisotopic (exact) mass is 250 g/mol. The molecule has 0 bridgehead atoms. The van der Waals surface area contributed by atoms with E-state index in [0.29, 0.717) is 0 Å². The average Bonchev–Trinajstić information content (AvgIpc) is 2.81. The van der Waals surface area contributed by atoms with Gasteiger partial charge in [-0.25, -0.2) is 4.98 Å². The molecule has 4 nitrogen and oxygen atoms in total. The van der Waals surface area contributed by atoms with Crippen LogP contribution in [0, 0.1) is 0 Å². The van der Waals surface area contributed by atoms with Gasteiger partial charge in [0, 0.05) is 18.9 Å². The number of imidazole rings is 1. The van der Waals surface area contributed by atoms with Crippen LogP contribution in [0.25, 0.3) is 6.08 Å². The van der Waals surface area contributed by atoms with Crippen LogP contribution in [0.15, 0.2) is 49.1 Å². The third kappa shape index (κ3) is 4.49. The largest absolute Gasteiger partial charge is 1.00 e. The quantitative estimate of drug-likeness (QED) is 0.453. The molecule has 1 heterocycles. The smallest absolute Gasteiger partial charge is 0.545 e. The first-order chi connectivity index (χ1) is 8.24. The topological polar surface area (TPSA) is 57.9 Å². The molecule has 5 heteroatoms. The van der Waals surface area contributed by atoms with Gasteiger partial charge in [0.1, 0.15) is 0 Å². The maximum absolute atomic E-state index is 10.2. The van der Waals surface area contributed by atoms with Crippen LogP contribution in [0.1, 0.15) is 11.1 Å². The summed E-state index contributed by atoms with van der Waals surface area (Å²) in [6.07, 6.45) is 7.91. The Kier molecular flexibility index (Phi) is 5.85. The molecule has 0 amide bonds. The van der Waals surface area contributed by atoms with Crippen molar-refractivity contribution in [3.8, 4) is 0 Å². The van der Waals surface area contributed by atoms with Crippen LogP contribution in [0.2, 0.25) is 0 Å². The second-order valence-corrected chi connectivity index (χ2v) is 3.63. The van der Waals surface area contributed by atoms with Crippen LogP contribution in [0.3, 0.4) is 0 Å². The summed E-state index contributed by atoms with van der Waals surface area (Å²) in [4.78, 5) is 14.2. The van der Waals surface area contributed by atoms with Crippen molar-refractivity contribution in [1.29, 1.82) is 0 Å². The van der Waals surface area contributed by atoms with Crippen molar-refractivity contribution in [2.45, 2.75) is 6.54 Å². The summed E-state index contributed by atoms with van der Waals surface area (Å²) in [6, 6.07) is 7.64. The van der Waals surface area contributed by atoms with Gasteiger partial charge in [-0.05, 0) is 17.2 Å². The van der Waals surface area contributed by atoms with Gasteiger partial charge in [-0.15, -0.1) is 0 Å². The molecule has 0 atom stereocenters. The fourth-order valence-corrected chi connectivity index (χ4v) is 1.49. The fourth-order valence-electron chi connectivity index (χ4n) is 1.49. The Bertz CT molecular complexity index is 518. The SMILES string of the molecule is O=C([O-])C=Cc1ccc(Cn2ccnc2)cc1.[Na+]. The van der Waals surface area contributed by atoms with Crippen LogP contribution >= 0.6 is 0 Å². The normalized spacial score (nSPS) is 10.2. The molecule has 0 saturated carbocycles. The molecule has 0 aliphatic heterocycles. The number of rotatable bonds is 4. The van der Waals surface area contributed by atoms with Crippen LogP contribution < -0.4 is 34.7 Å². The Labute approximate surface area is 127 Å². The molecular formula is C13H11N2NaO2. The first kappa shape index (κ1) is 14.7. The number of carboxylic acid groups (broad SMARTS) is 1. The third-order valence-corrected chi connectivity index (χ3v) is 2.32. The fraction of sp³-hybridized carbons (Fsp3) is 0.0769. The number of nitrogens with zero attached hydrogens (tertiary/aromatic N) is 2. The molecule has 0 fully saturated rings. The number of carboxylic acids is 1. The number of hydrogen-bond acceptors (Lipinski definition) is 3. The number of carbonyl (C=O) groups is 1. The van der Waals surface area contributed by atoms with Gasteiger partial charge >= 0.3 is 29.6 Å². The zero-order valence-corrected chi connectivity index (χ0v) is 12.1. The minimum Gasteiger partial charge on any atom is -0.545 e. The summed E-state index contributed by atoms with van der Waals surface area (Å²) in [5.41, 5.74) is 1.97. The number of aromatic nitrogens is 2. The van der Waals surface area contributed by atoms with Crippen LogP contribution in [-0.4, -0.2) is 15.5 Å². The Morgan fingerprint density at radius 3 is 2.61 bits per heavy atom. The molecule has 86 valence electrons. The van der Waals surface area contributed by atoms with E-state index in [0.717, 1.165) is 23.7 Å². The predicted molar refractivity (Wildman–Crippen MR) is 61.8 cm³/mol. The molecule has 0 unspecified atom stereocenters. The minimum atomic E-state index is -1.19. The summed E-state index contributed by atoms with van der Waals surface area (Å²) in [5.74, 6) is -1.19. The van der Waals surface area contributed by atoms with Crippen molar-refractivity contribution in [1.82, 2.24) is 9.55 Å². The van der Waals surface area contributed by atoms with Gasteiger partial charge in [-0.2, -0.15) is 0 Å². The number of hydrogen-bond donors (Lipinski definition) is 0. The van der Waals surface area contributed by atoms with Gasteiger partial charge in [-0.3, -0.25) is 0 Å². The molecule has 0 radical (unpaired) electrons. The molecule has 0 saturated heterocycles. The van der Waals surface area contributed by atoms with Crippen molar-refractivity contribution in [2.24, 2.45) is 0 Å². The van der Waals surface area contributed by atoms with Crippen LogP contribution in [0.4, 0.5) is 0 Å². The maximum atomic E-state index is 10.2. The zero-order valence-electron chi connectivity index (χ0n) is 10.1. The first-order valence-electron chi connectivity index (χ1n) is 5.18. The number of aliphatic carboxylic acids is 1. The van der Waals surface area contributed by atoms with Gasteiger partial charge in [0.15, 0.2) is 0 Å². The third-order valence-electron chi connectivity index (χ3n) is 2.32. The summed E-state index contributed by atoms with van der Waals surface area (Å²) in [5, 5.41) is 10.2. The molecule has 1 aromatic heterocycles. The van der Waals surface area contributed by atoms with E-state index in [2.05, 4.69) is 4.98 Å². The standard InChI is InChI=1S/C13H12N2O2.Na/c16-13(17)6-5-11-1-3-12(4-2-11)9-15-8-7-14-10-15;/h1-8,10H,9H2,(H,16,17);/q;+1/p-1. The van der Waals surface area contributed by atoms with Crippen molar-refractivity contribution < 1.29 is 39.5 Å². The molecule has 0 aliphatic carbocycles. The summed E-state index contributed by atoms with van der Waals surface area (Å²) < 4.78 is 1.96. The van der Waals surface area contributed by atoms with E-state index in [-0.39, 0.29) is 29.6 Å². The van der Waals surface area contributed by atoms with Gasteiger partial charge in [-0.1, -0.05) is 30.3 Å². The van der Waals surface area contributed by atoms with Crippen molar-refractivity contribution in [3.63, 3.8) is 0 Å². The summed E-state index contributed by atoms with van der Waals surface area (Å²) in [7, 11) is 0. The van der Waals surface area contributed by atoms with E-state index in [4.69, 9.17) is 0 Å². The van der Waals surface area contributed by atoms with Gasteiger partial charge in [0.05, 0.1) is 12.3 Å². The minimum absolute atomic E-state index is 0. The summed E-state index contributed by atoms with van der Waals surface area (Å²) in [6.45, 7) is 0.754. The average molecular weight is 250 g/mol. The first-order valence-corrected chi connectivity index (χ1v) is 5.18. The molecule has 0 spiro atoms. The van der Waals surface area contributed by atoms with Crippen molar-refractivity contribution in [2.75, 3.05) is 0 Å². The van der Waals surface area contributed by atoms with E-state index in [1.54, 1.807) is 12.5 Å². The molecule has 0 N–H and O–H groups in total. The Morgan fingerprint density at radius 2 is 2.06 bits per heavy atom. The van der Waals surface area contributed by atoms with Crippen LogP contribution in [-0.2, 0) is 11.3 Å². The van der Waals surface area contributed by atoms with Gasteiger partial charge < -0.3 is 14.5 Å². The molecule has 1 aromatic carbocycles. The van der Waals surface area contributed by atoms with Crippen molar-refractivity contribution >= 4 is 12.0 Å². The van der Waals surface area contributed by atoms with E-state index in [1.165, 1.54) is 6.08 Å². The summed E-state index contributed by atoms with van der Waals surface area (Å²) >= 11 is 0. The van der Waals surface area contributed by atoms with E-state index >= 15 is 0 Å². The molecule has 2 aromatic rings. The second-order valence-electron chi connectivity index (χ2n) is 3.63. The van der Waals surface area contributed by atoms with Gasteiger partial charge in [0.25, 0.3) is 0 Å². The zero-order chi connectivity index (χ0) is 12.1. The second kappa shape index (κ2) is 7.16. The van der Waals surface area contributed by atoms with Gasteiger partial charge in [0.2, 0.25) is 0 Å². The van der Waals surface area contributed by atoms with E-state index in [9.17, 15) is 9.90 Å². The Morgan fingerprint density at radius 1 is 1.33 bits per heavy atom. The molecule has 0 aliphatic rings. The van der Waals surface area contributed by atoms with E-state index in [1.807, 2.05) is 35.0 Å². The van der Waals surface area contributed by atoms with Crippen LogP contribution in [0.5, 0.6) is 0 Å². The molecule has 2 rings (SSSR count). The Balaban J connectivity index is 0.00000162. The molecular weight excluding hydrogens is 239 g/mol. The van der Waals surface area contributed by atoms with Crippen molar-refractivity contribution in [3.05, 3.63) is 60.2 Å². The number of carbonyl (C=O) groups excluding carboxylic acids is 1. The predicted octanol–water partition coefficient (Wildman–Crippen LogP) is -2.30. The molecule has 18 heavy (non-hydrogen) atoms. The van der Waals surface area contributed by atoms with E-state index < -0.39 is 5.97 Å².